The predicted molar refractivity (Wildman–Crippen MR) is 89.7 cm³/mol. The van der Waals surface area contributed by atoms with E-state index in [0.717, 1.165) is 9.71 Å². The first-order valence-electron chi connectivity index (χ1n) is 6.61. The quantitative estimate of drug-likeness (QED) is 0.452. The molecule has 23 heavy (non-hydrogen) atoms. The molecular formula is C16H7Cl2NO3S. The van der Waals surface area contributed by atoms with Gasteiger partial charge in [0.15, 0.2) is 11.6 Å². The molecule has 0 N–H and O–H groups in total. The topological polar surface area (TPSA) is 60.2 Å². The Bertz CT molecular complexity index is 971. The van der Waals surface area contributed by atoms with E-state index < -0.39 is 0 Å². The van der Waals surface area contributed by atoms with Gasteiger partial charge < -0.3 is 4.42 Å². The number of fused-ring (bicyclic) bond motifs is 2. The van der Waals surface area contributed by atoms with Crippen LogP contribution in [0.25, 0.3) is 16.5 Å². The van der Waals surface area contributed by atoms with E-state index in [1.54, 1.807) is 6.07 Å². The van der Waals surface area contributed by atoms with Crippen LogP contribution in [0.15, 0.2) is 28.2 Å². The van der Waals surface area contributed by atoms with Crippen LogP contribution < -0.4 is 0 Å². The SMILES string of the molecule is Cc1nc2oc(C=C3C(=O)c4cc(Cl)c(Cl)cc4C3=O)cc2s1. The summed E-state index contributed by atoms with van der Waals surface area (Å²) < 4.78 is 6.43. The fraction of sp³-hybridized carbons (Fsp3) is 0.0625. The maximum Gasteiger partial charge on any atom is 0.237 e. The molecule has 1 aromatic carbocycles. The number of hydrogen-bond acceptors (Lipinski definition) is 5. The zero-order chi connectivity index (χ0) is 16.3. The molecule has 2 heterocycles. The second-order valence-corrected chi connectivity index (χ2v) is 7.13. The molecule has 1 aliphatic rings. The number of carbonyl (C=O) groups excluding carboxylic acids is 2. The van der Waals surface area contributed by atoms with Crippen LogP contribution in [0.3, 0.4) is 0 Å². The summed E-state index contributed by atoms with van der Waals surface area (Å²) in [7, 11) is 0. The van der Waals surface area contributed by atoms with E-state index in [0.29, 0.717) is 11.5 Å². The van der Waals surface area contributed by atoms with Crippen molar-refractivity contribution in [2.24, 2.45) is 0 Å². The van der Waals surface area contributed by atoms with E-state index in [4.69, 9.17) is 27.6 Å². The molecule has 3 aromatic rings. The van der Waals surface area contributed by atoms with Gasteiger partial charge in [0.2, 0.25) is 5.71 Å². The fourth-order valence-electron chi connectivity index (χ4n) is 2.52. The summed E-state index contributed by atoms with van der Waals surface area (Å²) in [4.78, 5) is 29.1. The van der Waals surface area contributed by atoms with Crippen molar-refractivity contribution in [3.05, 3.63) is 55.7 Å². The standard InChI is InChI=1S/C16H7Cl2NO3S/c1-6-19-16-13(23-6)3-7(22-16)2-10-14(20)8-4-11(17)12(18)5-9(8)15(10)21/h2-5H,1H3. The van der Waals surface area contributed by atoms with Crippen molar-refractivity contribution < 1.29 is 14.0 Å². The highest BCUT2D eigenvalue weighted by molar-refractivity contribution is 7.18. The van der Waals surface area contributed by atoms with Gasteiger partial charge in [-0.25, -0.2) is 4.98 Å². The van der Waals surface area contributed by atoms with Crippen LogP contribution in [0.4, 0.5) is 0 Å². The lowest BCUT2D eigenvalue weighted by Crippen LogP contribution is -1.99. The molecule has 0 atom stereocenters. The highest BCUT2D eigenvalue weighted by Crippen LogP contribution is 2.35. The highest BCUT2D eigenvalue weighted by atomic mass is 35.5. The summed E-state index contributed by atoms with van der Waals surface area (Å²) in [6.07, 6.45) is 1.44. The number of carbonyl (C=O) groups is 2. The number of nitrogens with zero attached hydrogens (tertiary/aromatic N) is 1. The maximum absolute atomic E-state index is 12.4. The van der Waals surface area contributed by atoms with Crippen molar-refractivity contribution in [2.75, 3.05) is 0 Å². The van der Waals surface area contributed by atoms with Crippen molar-refractivity contribution in [3.8, 4) is 0 Å². The number of allylic oxidation sites excluding steroid dienone is 1. The zero-order valence-electron chi connectivity index (χ0n) is 11.6. The van der Waals surface area contributed by atoms with E-state index in [2.05, 4.69) is 4.98 Å². The van der Waals surface area contributed by atoms with E-state index in [9.17, 15) is 9.59 Å². The monoisotopic (exact) mass is 363 g/mol. The van der Waals surface area contributed by atoms with Crippen molar-refractivity contribution in [2.45, 2.75) is 6.92 Å². The van der Waals surface area contributed by atoms with Crippen molar-refractivity contribution in [1.29, 1.82) is 0 Å². The predicted octanol–water partition coefficient (Wildman–Crippen LogP) is 4.97. The molecule has 4 rings (SSSR count). The number of rotatable bonds is 1. The Labute approximate surface area is 144 Å². The first kappa shape index (κ1) is 14.6. The normalized spacial score (nSPS) is 14.0. The molecule has 0 fully saturated rings. The summed E-state index contributed by atoms with van der Waals surface area (Å²) in [5.74, 6) is -0.347. The highest BCUT2D eigenvalue weighted by Gasteiger charge is 2.34. The average molecular weight is 364 g/mol. The molecule has 0 bridgehead atoms. The zero-order valence-corrected chi connectivity index (χ0v) is 14.0. The molecule has 0 saturated heterocycles. The molecule has 1 aliphatic carbocycles. The molecule has 0 saturated carbocycles. The summed E-state index contributed by atoms with van der Waals surface area (Å²) in [5, 5.41) is 1.37. The van der Waals surface area contributed by atoms with Gasteiger partial charge in [0, 0.05) is 17.2 Å². The van der Waals surface area contributed by atoms with Crippen molar-refractivity contribution >= 4 is 62.6 Å². The summed E-state index contributed by atoms with van der Waals surface area (Å²) >= 11 is 13.3. The van der Waals surface area contributed by atoms with E-state index in [-0.39, 0.29) is 38.3 Å². The van der Waals surface area contributed by atoms with Gasteiger partial charge in [-0.3, -0.25) is 9.59 Å². The van der Waals surface area contributed by atoms with Gasteiger partial charge >= 0.3 is 0 Å². The van der Waals surface area contributed by atoms with Crippen LogP contribution in [-0.2, 0) is 0 Å². The minimum absolute atomic E-state index is 0.0384. The van der Waals surface area contributed by atoms with Crippen LogP contribution in [0.1, 0.15) is 31.5 Å². The molecule has 0 radical (unpaired) electrons. The Morgan fingerprint density at radius 1 is 1.09 bits per heavy atom. The smallest absolute Gasteiger partial charge is 0.237 e. The van der Waals surface area contributed by atoms with Crippen molar-refractivity contribution in [3.63, 3.8) is 0 Å². The molecule has 0 aliphatic heterocycles. The first-order valence-corrected chi connectivity index (χ1v) is 8.18. The van der Waals surface area contributed by atoms with Crippen LogP contribution in [0.2, 0.25) is 10.0 Å². The number of ketones is 2. The van der Waals surface area contributed by atoms with Gasteiger partial charge in [0.25, 0.3) is 0 Å². The number of aryl methyl sites for hydroxylation is 1. The Kier molecular flexibility index (Phi) is 3.20. The average Bonchev–Trinajstić information content (AvgIpc) is 3.07. The Hall–Kier alpha value is -1.95. The van der Waals surface area contributed by atoms with Gasteiger partial charge in [-0.1, -0.05) is 23.2 Å². The fourth-order valence-corrected chi connectivity index (χ4v) is 3.64. The number of benzene rings is 1. The Morgan fingerprint density at radius 3 is 2.26 bits per heavy atom. The van der Waals surface area contributed by atoms with Gasteiger partial charge in [-0.05, 0) is 25.1 Å². The molecule has 4 nitrogen and oxygen atoms in total. The third kappa shape index (κ3) is 2.24. The minimum Gasteiger partial charge on any atom is -0.437 e. The lowest BCUT2D eigenvalue weighted by atomic mass is 10.1. The van der Waals surface area contributed by atoms with Crippen molar-refractivity contribution in [1.82, 2.24) is 4.98 Å². The number of aromatic nitrogens is 1. The van der Waals surface area contributed by atoms with E-state index in [1.807, 2.05) is 6.92 Å². The Morgan fingerprint density at radius 2 is 1.70 bits per heavy atom. The lowest BCUT2D eigenvalue weighted by Gasteiger charge is -1.98. The second kappa shape index (κ2) is 5.03. The Balaban J connectivity index is 1.81. The number of hydrogen-bond donors (Lipinski definition) is 0. The lowest BCUT2D eigenvalue weighted by molar-refractivity contribution is 0.0990. The third-order valence-corrected chi connectivity index (χ3v) is 5.16. The molecule has 2 aromatic heterocycles. The van der Waals surface area contributed by atoms with E-state index >= 15 is 0 Å². The molecule has 0 spiro atoms. The summed E-state index contributed by atoms with van der Waals surface area (Å²) in [5.41, 5.74) is 1.06. The third-order valence-electron chi connectivity index (χ3n) is 3.54. The van der Waals surface area contributed by atoms with E-state index in [1.165, 1.54) is 29.5 Å². The minimum atomic E-state index is -0.382. The van der Waals surface area contributed by atoms with Gasteiger partial charge in [0.05, 0.1) is 25.3 Å². The number of Topliss-reactive ketones (excluding diaryl/α,β-unsaturated/α-hetero) is 2. The van der Waals surface area contributed by atoms with Crippen LogP contribution in [0, 0.1) is 6.92 Å². The molecular weight excluding hydrogens is 357 g/mol. The summed E-state index contributed by atoms with van der Waals surface area (Å²) in [6.45, 7) is 1.88. The molecule has 7 heteroatoms. The maximum atomic E-state index is 12.4. The number of halogens is 2. The van der Waals surface area contributed by atoms with Crippen LogP contribution >= 0.6 is 34.5 Å². The van der Waals surface area contributed by atoms with Gasteiger partial charge in [-0.2, -0.15) is 0 Å². The van der Waals surface area contributed by atoms with Gasteiger partial charge in [0.1, 0.15) is 5.76 Å². The summed E-state index contributed by atoms with van der Waals surface area (Å²) in [6, 6.07) is 4.61. The largest absolute Gasteiger partial charge is 0.437 e. The molecule has 0 unspecified atom stereocenters. The molecule has 0 amide bonds. The molecule has 114 valence electrons. The number of furan rings is 1. The first-order chi connectivity index (χ1) is 10.9. The van der Waals surface area contributed by atoms with Crippen LogP contribution in [0.5, 0.6) is 0 Å². The van der Waals surface area contributed by atoms with Crippen LogP contribution in [-0.4, -0.2) is 16.6 Å². The van der Waals surface area contributed by atoms with Gasteiger partial charge in [-0.15, -0.1) is 11.3 Å². The number of thiazole rings is 1. The second-order valence-electron chi connectivity index (χ2n) is 5.08.